The van der Waals surface area contributed by atoms with Gasteiger partial charge in [-0.1, -0.05) is 66.4 Å². The molecule has 1 saturated heterocycles. The molecule has 0 spiro atoms. The smallest absolute Gasteiger partial charge is 0.233 e. The first kappa shape index (κ1) is 20.6. The number of nitrogens with zero attached hydrogens (tertiary/aromatic N) is 3. The highest BCUT2D eigenvalue weighted by atomic mass is 32.2. The summed E-state index contributed by atoms with van der Waals surface area (Å²) in [6.45, 7) is 5.29. The van der Waals surface area contributed by atoms with E-state index >= 15 is 0 Å². The van der Waals surface area contributed by atoms with Crippen LogP contribution in [0.1, 0.15) is 13.8 Å². The van der Waals surface area contributed by atoms with Gasteiger partial charge in [0.1, 0.15) is 5.03 Å². The van der Waals surface area contributed by atoms with Gasteiger partial charge in [-0.05, 0) is 37.1 Å². The Morgan fingerprint density at radius 2 is 1.53 bits per heavy atom. The number of thioether (sulfide) groups is 1. The van der Waals surface area contributed by atoms with E-state index in [-0.39, 0.29) is 18.1 Å². The summed E-state index contributed by atoms with van der Waals surface area (Å²) < 4.78 is 5.69. The molecular weight excluding hydrogens is 394 g/mol. The first-order valence-corrected chi connectivity index (χ1v) is 11.1. The number of ether oxygens (including phenoxy) is 1. The summed E-state index contributed by atoms with van der Waals surface area (Å²) in [6, 6.07) is 22.5. The van der Waals surface area contributed by atoms with E-state index in [1.54, 1.807) is 0 Å². The quantitative estimate of drug-likeness (QED) is 0.569. The summed E-state index contributed by atoms with van der Waals surface area (Å²) >= 11 is 1.42. The summed E-state index contributed by atoms with van der Waals surface area (Å²) in [5.41, 5.74) is 4.20. The highest BCUT2D eigenvalue weighted by molar-refractivity contribution is 7.99. The molecule has 2 atom stereocenters. The second-order valence-electron chi connectivity index (χ2n) is 7.54. The molecule has 30 heavy (non-hydrogen) atoms. The van der Waals surface area contributed by atoms with Gasteiger partial charge in [-0.2, -0.15) is 0 Å². The molecule has 1 aliphatic heterocycles. The molecule has 6 heteroatoms. The number of rotatable bonds is 5. The van der Waals surface area contributed by atoms with Crippen molar-refractivity contribution in [1.82, 2.24) is 15.1 Å². The topological polar surface area (TPSA) is 55.3 Å². The van der Waals surface area contributed by atoms with Gasteiger partial charge in [-0.15, -0.1) is 10.2 Å². The molecule has 1 amide bonds. The normalized spacial score (nSPS) is 18.9. The van der Waals surface area contributed by atoms with Gasteiger partial charge in [0.2, 0.25) is 5.91 Å². The molecule has 4 rings (SSSR count). The highest BCUT2D eigenvalue weighted by Gasteiger charge is 2.25. The van der Waals surface area contributed by atoms with Gasteiger partial charge >= 0.3 is 0 Å². The lowest BCUT2D eigenvalue weighted by Gasteiger charge is -2.35. The Morgan fingerprint density at radius 3 is 2.17 bits per heavy atom. The van der Waals surface area contributed by atoms with Crippen LogP contribution in [-0.2, 0) is 9.53 Å². The third kappa shape index (κ3) is 5.07. The van der Waals surface area contributed by atoms with Crippen molar-refractivity contribution in [2.45, 2.75) is 31.1 Å². The van der Waals surface area contributed by atoms with Crippen LogP contribution < -0.4 is 0 Å². The van der Waals surface area contributed by atoms with Crippen LogP contribution in [0.15, 0.2) is 71.8 Å². The van der Waals surface area contributed by atoms with Crippen LogP contribution in [0.2, 0.25) is 0 Å². The van der Waals surface area contributed by atoms with Crippen LogP contribution >= 0.6 is 11.8 Å². The number of morpholine rings is 1. The monoisotopic (exact) mass is 419 g/mol. The van der Waals surface area contributed by atoms with Crippen molar-refractivity contribution in [2.75, 3.05) is 18.8 Å². The van der Waals surface area contributed by atoms with E-state index in [1.165, 1.54) is 22.9 Å². The maximum atomic E-state index is 12.5. The molecule has 0 N–H and O–H groups in total. The van der Waals surface area contributed by atoms with Crippen molar-refractivity contribution >= 4 is 17.7 Å². The van der Waals surface area contributed by atoms with Crippen molar-refractivity contribution in [2.24, 2.45) is 0 Å². The lowest BCUT2D eigenvalue weighted by Crippen LogP contribution is -2.48. The zero-order chi connectivity index (χ0) is 20.9. The molecule has 0 unspecified atom stereocenters. The van der Waals surface area contributed by atoms with Crippen LogP contribution in [0.5, 0.6) is 0 Å². The number of aromatic nitrogens is 2. The van der Waals surface area contributed by atoms with Crippen LogP contribution in [0, 0.1) is 0 Å². The standard InChI is InChI=1S/C24H25N3O2S/c1-17-14-27(15-18(2)29-17)24(28)16-30-23-13-12-22(25-26-23)21-10-8-20(9-11-21)19-6-4-3-5-7-19/h3-13,17-18H,14-16H2,1-2H3/t17-,18+. The predicted molar refractivity (Wildman–Crippen MR) is 120 cm³/mol. The number of benzene rings is 2. The first-order chi connectivity index (χ1) is 14.6. The number of hydrogen-bond acceptors (Lipinski definition) is 5. The number of carbonyl (C=O) groups is 1. The van der Waals surface area contributed by atoms with E-state index in [1.807, 2.05) is 49.1 Å². The Bertz CT molecular complexity index is 968. The van der Waals surface area contributed by atoms with Gasteiger partial charge in [0.25, 0.3) is 0 Å². The van der Waals surface area contributed by atoms with Crippen molar-refractivity contribution in [1.29, 1.82) is 0 Å². The average Bonchev–Trinajstić information content (AvgIpc) is 2.78. The maximum absolute atomic E-state index is 12.5. The van der Waals surface area contributed by atoms with Gasteiger partial charge in [-0.25, -0.2) is 0 Å². The fourth-order valence-electron chi connectivity index (χ4n) is 3.62. The van der Waals surface area contributed by atoms with Crippen molar-refractivity contribution in [3.05, 3.63) is 66.7 Å². The molecule has 1 aromatic heterocycles. The molecule has 154 valence electrons. The highest BCUT2D eigenvalue weighted by Crippen LogP contribution is 2.24. The van der Waals surface area contributed by atoms with Crippen LogP contribution in [0.3, 0.4) is 0 Å². The van der Waals surface area contributed by atoms with E-state index in [0.29, 0.717) is 18.8 Å². The molecule has 3 aromatic rings. The summed E-state index contributed by atoms with van der Waals surface area (Å²) in [5.74, 6) is 0.476. The molecule has 2 aromatic carbocycles. The summed E-state index contributed by atoms with van der Waals surface area (Å²) in [4.78, 5) is 14.4. The van der Waals surface area contributed by atoms with E-state index < -0.39 is 0 Å². The molecule has 1 aliphatic rings. The lowest BCUT2D eigenvalue weighted by atomic mass is 10.0. The average molecular weight is 420 g/mol. The zero-order valence-corrected chi connectivity index (χ0v) is 18.0. The Hall–Kier alpha value is -2.70. The van der Waals surface area contributed by atoms with Crippen LogP contribution in [0.4, 0.5) is 0 Å². The van der Waals surface area contributed by atoms with Crippen molar-refractivity contribution < 1.29 is 9.53 Å². The zero-order valence-electron chi connectivity index (χ0n) is 17.2. The Balaban J connectivity index is 1.35. The fraction of sp³-hybridized carbons (Fsp3) is 0.292. The SMILES string of the molecule is C[C@@H]1CN(C(=O)CSc2ccc(-c3ccc(-c4ccccc4)cc3)nn2)C[C@H](C)O1. The van der Waals surface area contributed by atoms with Gasteiger partial charge < -0.3 is 9.64 Å². The van der Waals surface area contributed by atoms with Gasteiger partial charge in [0.15, 0.2) is 0 Å². The van der Waals surface area contributed by atoms with E-state index in [2.05, 4.69) is 46.6 Å². The molecule has 0 radical (unpaired) electrons. The Morgan fingerprint density at radius 1 is 0.900 bits per heavy atom. The second kappa shape index (κ2) is 9.41. The van der Waals surface area contributed by atoms with E-state index in [9.17, 15) is 4.79 Å². The minimum absolute atomic E-state index is 0.0788. The molecule has 2 heterocycles. The van der Waals surface area contributed by atoms with E-state index in [4.69, 9.17) is 4.74 Å². The molecule has 0 bridgehead atoms. The van der Waals surface area contributed by atoms with Gasteiger partial charge in [-0.3, -0.25) is 4.79 Å². The molecule has 0 aliphatic carbocycles. The molecular formula is C24H25N3O2S. The van der Waals surface area contributed by atoms with Crippen molar-refractivity contribution in [3.63, 3.8) is 0 Å². The minimum Gasteiger partial charge on any atom is -0.372 e. The summed E-state index contributed by atoms with van der Waals surface area (Å²) in [5, 5.41) is 9.40. The third-order valence-corrected chi connectivity index (χ3v) is 5.95. The summed E-state index contributed by atoms with van der Waals surface area (Å²) in [7, 11) is 0. The largest absolute Gasteiger partial charge is 0.372 e. The second-order valence-corrected chi connectivity index (χ2v) is 8.54. The number of hydrogen-bond donors (Lipinski definition) is 0. The number of amides is 1. The third-order valence-electron chi connectivity index (χ3n) is 5.04. The van der Waals surface area contributed by atoms with E-state index in [0.717, 1.165) is 16.3 Å². The predicted octanol–water partition coefficient (Wildman–Crippen LogP) is 4.54. The lowest BCUT2D eigenvalue weighted by molar-refractivity contribution is -0.140. The maximum Gasteiger partial charge on any atom is 0.233 e. The molecule has 5 nitrogen and oxygen atoms in total. The fourth-order valence-corrected chi connectivity index (χ4v) is 4.34. The molecule has 1 fully saturated rings. The van der Waals surface area contributed by atoms with Crippen molar-refractivity contribution in [3.8, 4) is 22.4 Å². The van der Waals surface area contributed by atoms with Crippen LogP contribution in [0.25, 0.3) is 22.4 Å². The first-order valence-electron chi connectivity index (χ1n) is 10.1. The minimum atomic E-state index is 0.0788. The molecule has 0 saturated carbocycles. The van der Waals surface area contributed by atoms with Gasteiger partial charge in [0, 0.05) is 18.7 Å². The Labute approximate surface area is 181 Å². The van der Waals surface area contributed by atoms with Crippen LogP contribution in [-0.4, -0.2) is 52.1 Å². The Kier molecular flexibility index (Phi) is 6.45. The number of carbonyl (C=O) groups excluding carboxylic acids is 1. The summed E-state index contributed by atoms with van der Waals surface area (Å²) in [6.07, 6.45) is 0.158. The van der Waals surface area contributed by atoms with Gasteiger partial charge in [0.05, 0.1) is 23.7 Å².